The Labute approximate surface area is 169 Å². The third kappa shape index (κ3) is 5.71. The fourth-order valence-corrected chi connectivity index (χ4v) is 2.65. The summed E-state index contributed by atoms with van der Waals surface area (Å²) in [5.41, 5.74) is 0.649. The van der Waals surface area contributed by atoms with Crippen LogP contribution in [-0.2, 0) is 9.53 Å². The molecule has 0 radical (unpaired) electrons. The van der Waals surface area contributed by atoms with Crippen molar-refractivity contribution < 1.29 is 28.3 Å². The minimum absolute atomic E-state index is 0.0558. The molecule has 1 aromatic carbocycles. The zero-order valence-electron chi connectivity index (χ0n) is 17.3. The van der Waals surface area contributed by atoms with Gasteiger partial charge in [-0.2, -0.15) is 0 Å². The first-order chi connectivity index (χ1) is 13.9. The van der Waals surface area contributed by atoms with E-state index in [2.05, 4.69) is 15.8 Å². The zero-order chi connectivity index (χ0) is 21.4. The number of methoxy groups -OCH3 is 3. The van der Waals surface area contributed by atoms with Gasteiger partial charge in [-0.05, 0) is 24.1 Å². The Bertz CT molecular complexity index is 833. The van der Waals surface area contributed by atoms with Crippen LogP contribution in [0.25, 0.3) is 11.3 Å². The van der Waals surface area contributed by atoms with Gasteiger partial charge in [0.2, 0.25) is 5.91 Å². The summed E-state index contributed by atoms with van der Waals surface area (Å²) in [4.78, 5) is 25.0. The van der Waals surface area contributed by atoms with Crippen LogP contribution < -0.4 is 20.1 Å². The Hall–Kier alpha value is -3.07. The van der Waals surface area contributed by atoms with Gasteiger partial charge in [-0.25, -0.2) is 0 Å². The summed E-state index contributed by atoms with van der Waals surface area (Å²) in [7, 11) is 4.63. The van der Waals surface area contributed by atoms with E-state index in [0.29, 0.717) is 36.0 Å². The van der Waals surface area contributed by atoms with Crippen LogP contribution in [0, 0.1) is 5.92 Å². The molecule has 29 heavy (non-hydrogen) atoms. The topological polar surface area (TPSA) is 112 Å². The van der Waals surface area contributed by atoms with Gasteiger partial charge in [-0.15, -0.1) is 0 Å². The molecular weight excluding hydrogens is 378 g/mol. The Kier molecular flexibility index (Phi) is 8.02. The fraction of sp³-hybridized carbons (Fsp3) is 0.450. The first-order valence-electron chi connectivity index (χ1n) is 9.17. The van der Waals surface area contributed by atoms with Crippen LogP contribution in [0.1, 0.15) is 24.3 Å². The summed E-state index contributed by atoms with van der Waals surface area (Å²) in [6.45, 7) is 4.43. The van der Waals surface area contributed by atoms with Crippen molar-refractivity contribution in [2.45, 2.75) is 19.9 Å². The van der Waals surface area contributed by atoms with Crippen molar-refractivity contribution >= 4 is 11.8 Å². The second-order valence-electron chi connectivity index (χ2n) is 6.62. The molecule has 0 saturated heterocycles. The summed E-state index contributed by atoms with van der Waals surface area (Å²) in [6.07, 6.45) is 0. The normalized spacial score (nSPS) is 11.8. The molecule has 1 aromatic heterocycles. The number of nitrogens with one attached hydrogen (secondary N) is 2. The maximum atomic E-state index is 12.6. The number of rotatable bonds is 10. The highest BCUT2D eigenvalue weighted by molar-refractivity contribution is 5.96. The molecule has 2 amide bonds. The molecule has 0 saturated carbocycles. The van der Waals surface area contributed by atoms with E-state index in [9.17, 15) is 9.59 Å². The van der Waals surface area contributed by atoms with Crippen LogP contribution in [0.4, 0.5) is 0 Å². The lowest BCUT2D eigenvalue weighted by molar-refractivity contribution is -0.124. The largest absolute Gasteiger partial charge is 0.497 e. The minimum atomic E-state index is -0.717. The van der Waals surface area contributed by atoms with Gasteiger partial charge in [0.25, 0.3) is 5.91 Å². The van der Waals surface area contributed by atoms with Gasteiger partial charge in [0.1, 0.15) is 17.5 Å². The van der Waals surface area contributed by atoms with Crippen molar-refractivity contribution in [2.24, 2.45) is 5.92 Å². The molecule has 0 fully saturated rings. The van der Waals surface area contributed by atoms with Gasteiger partial charge in [0.05, 0.1) is 26.4 Å². The third-order valence-electron chi connectivity index (χ3n) is 4.26. The third-order valence-corrected chi connectivity index (χ3v) is 4.26. The van der Waals surface area contributed by atoms with Gasteiger partial charge < -0.3 is 29.4 Å². The molecule has 0 spiro atoms. The molecule has 1 unspecified atom stereocenters. The van der Waals surface area contributed by atoms with Crippen LogP contribution >= 0.6 is 0 Å². The molecule has 158 valence electrons. The van der Waals surface area contributed by atoms with Gasteiger partial charge in [-0.1, -0.05) is 19.0 Å². The summed E-state index contributed by atoms with van der Waals surface area (Å²) >= 11 is 0. The minimum Gasteiger partial charge on any atom is -0.497 e. The lowest BCUT2D eigenvalue weighted by atomic mass is 10.0. The Morgan fingerprint density at radius 3 is 2.52 bits per heavy atom. The zero-order valence-corrected chi connectivity index (χ0v) is 17.3. The molecular formula is C20H27N3O6. The molecule has 2 N–H and O–H groups in total. The Balaban J connectivity index is 2.17. The van der Waals surface area contributed by atoms with Crippen LogP contribution in [0.2, 0.25) is 0 Å². The number of carbonyl (C=O) groups is 2. The first kappa shape index (κ1) is 22.2. The number of aromatic nitrogens is 1. The predicted octanol–water partition coefficient (Wildman–Crippen LogP) is 1.88. The van der Waals surface area contributed by atoms with E-state index < -0.39 is 11.9 Å². The highest BCUT2D eigenvalue weighted by Crippen LogP contribution is 2.33. The molecule has 0 aliphatic heterocycles. The predicted molar refractivity (Wildman–Crippen MR) is 106 cm³/mol. The molecule has 1 atom stereocenters. The van der Waals surface area contributed by atoms with Crippen molar-refractivity contribution in [1.82, 2.24) is 15.8 Å². The van der Waals surface area contributed by atoms with E-state index in [1.54, 1.807) is 32.4 Å². The highest BCUT2D eigenvalue weighted by Gasteiger charge is 2.26. The number of benzene rings is 1. The Morgan fingerprint density at radius 2 is 1.90 bits per heavy atom. The summed E-state index contributed by atoms with van der Waals surface area (Å²) in [5.74, 6) is 0.580. The molecule has 9 heteroatoms. The maximum Gasteiger partial charge on any atom is 0.274 e. The van der Waals surface area contributed by atoms with Crippen molar-refractivity contribution in [3.05, 3.63) is 30.0 Å². The second kappa shape index (κ2) is 10.5. The van der Waals surface area contributed by atoms with E-state index in [-0.39, 0.29) is 17.5 Å². The standard InChI is InChI=1S/C20H27N3O6/c1-12(2)18(20(25)21-8-9-26-3)22-19(24)15-11-17(29-23-15)14-10-13(27-4)6-7-16(14)28-5/h6-7,10-12,18H,8-9H2,1-5H3,(H,21,25)(H,22,24). The van der Waals surface area contributed by atoms with Gasteiger partial charge >= 0.3 is 0 Å². The average Bonchev–Trinajstić information content (AvgIpc) is 3.21. The number of hydrogen-bond acceptors (Lipinski definition) is 7. The van der Waals surface area contributed by atoms with Crippen molar-refractivity contribution in [3.8, 4) is 22.8 Å². The van der Waals surface area contributed by atoms with Crippen LogP contribution in [0.5, 0.6) is 11.5 Å². The van der Waals surface area contributed by atoms with E-state index in [1.807, 2.05) is 13.8 Å². The lowest BCUT2D eigenvalue weighted by Gasteiger charge is -2.21. The first-order valence-corrected chi connectivity index (χ1v) is 9.17. The highest BCUT2D eigenvalue weighted by atomic mass is 16.5. The number of ether oxygens (including phenoxy) is 3. The SMILES string of the molecule is COCCNC(=O)C(NC(=O)c1cc(-c2cc(OC)ccc2OC)on1)C(C)C. The summed E-state index contributed by atoms with van der Waals surface area (Å²) < 4.78 is 20.8. The molecule has 1 heterocycles. The van der Waals surface area contributed by atoms with Crippen molar-refractivity contribution in [1.29, 1.82) is 0 Å². The van der Waals surface area contributed by atoms with E-state index in [1.165, 1.54) is 13.2 Å². The second-order valence-corrected chi connectivity index (χ2v) is 6.62. The van der Waals surface area contributed by atoms with Crippen LogP contribution in [0.15, 0.2) is 28.8 Å². The van der Waals surface area contributed by atoms with Gasteiger partial charge in [-0.3, -0.25) is 9.59 Å². The van der Waals surface area contributed by atoms with Crippen LogP contribution in [-0.4, -0.2) is 57.5 Å². The number of amides is 2. The average molecular weight is 405 g/mol. The molecule has 2 rings (SSSR count). The maximum absolute atomic E-state index is 12.6. The molecule has 0 aliphatic rings. The quantitative estimate of drug-likeness (QED) is 0.581. The van der Waals surface area contributed by atoms with Gasteiger partial charge in [0.15, 0.2) is 11.5 Å². The lowest BCUT2D eigenvalue weighted by Crippen LogP contribution is -2.50. The summed E-state index contributed by atoms with van der Waals surface area (Å²) in [5, 5.41) is 9.27. The smallest absolute Gasteiger partial charge is 0.274 e. The fourth-order valence-electron chi connectivity index (χ4n) is 2.65. The summed E-state index contributed by atoms with van der Waals surface area (Å²) in [6, 6.07) is 5.98. The van der Waals surface area contributed by atoms with E-state index in [4.69, 9.17) is 18.7 Å². The van der Waals surface area contributed by atoms with E-state index >= 15 is 0 Å². The van der Waals surface area contributed by atoms with Crippen molar-refractivity contribution in [3.63, 3.8) is 0 Å². The number of hydrogen-bond donors (Lipinski definition) is 2. The Morgan fingerprint density at radius 1 is 1.14 bits per heavy atom. The molecule has 2 aromatic rings. The monoisotopic (exact) mass is 405 g/mol. The van der Waals surface area contributed by atoms with Gasteiger partial charge in [0, 0.05) is 19.7 Å². The van der Waals surface area contributed by atoms with Crippen molar-refractivity contribution in [2.75, 3.05) is 34.5 Å². The molecule has 0 aliphatic carbocycles. The van der Waals surface area contributed by atoms with E-state index in [0.717, 1.165) is 0 Å². The molecule has 9 nitrogen and oxygen atoms in total. The number of nitrogens with zero attached hydrogens (tertiary/aromatic N) is 1. The number of carbonyl (C=O) groups excluding carboxylic acids is 2. The molecule has 0 bridgehead atoms. The van der Waals surface area contributed by atoms with Crippen LogP contribution in [0.3, 0.4) is 0 Å².